The Morgan fingerprint density at radius 3 is 2.43 bits per heavy atom. The van der Waals surface area contributed by atoms with Gasteiger partial charge in [-0.3, -0.25) is 9.69 Å². The second-order valence-electron chi connectivity index (χ2n) is 5.82. The minimum Gasteiger partial charge on any atom is -0.493 e. The molecule has 1 amide bonds. The summed E-state index contributed by atoms with van der Waals surface area (Å²) in [6.45, 7) is 0. The van der Waals surface area contributed by atoms with Crippen molar-refractivity contribution in [2.24, 2.45) is 0 Å². The Hall–Kier alpha value is -2.84. The van der Waals surface area contributed by atoms with Crippen LogP contribution in [0.4, 0.5) is 0 Å². The number of aliphatic carboxylic acids is 1. The molecule has 3 rings (SSSR count). The molecule has 0 aliphatic carbocycles. The number of methoxy groups -OCH3 is 2. The van der Waals surface area contributed by atoms with Gasteiger partial charge in [-0.05, 0) is 29.3 Å². The second kappa shape index (κ2) is 8.45. The fourth-order valence-corrected chi connectivity index (χ4v) is 4.15. The summed E-state index contributed by atoms with van der Waals surface area (Å²) in [5.74, 6) is -0.488. The van der Waals surface area contributed by atoms with Crippen molar-refractivity contribution in [3.63, 3.8) is 0 Å². The summed E-state index contributed by atoms with van der Waals surface area (Å²) in [5, 5.41) is 9.71. The van der Waals surface area contributed by atoms with E-state index in [4.69, 9.17) is 21.7 Å². The Morgan fingerprint density at radius 1 is 1.14 bits per heavy atom. The van der Waals surface area contributed by atoms with Gasteiger partial charge in [-0.2, -0.15) is 0 Å². The topological polar surface area (TPSA) is 76.1 Å². The number of thioether (sulfide) groups is 1. The van der Waals surface area contributed by atoms with Crippen LogP contribution in [0.3, 0.4) is 0 Å². The van der Waals surface area contributed by atoms with E-state index in [0.29, 0.717) is 27.5 Å². The third kappa shape index (κ3) is 3.88. The normalized spacial score (nSPS) is 16.4. The highest BCUT2D eigenvalue weighted by Crippen LogP contribution is 2.39. The van der Waals surface area contributed by atoms with Crippen LogP contribution in [0.5, 0.6) is 11.5 Å². The first-order valence-electron chi connectivity index (χ1n) is 8.23. The van der Waals surface area contributed by atoms with Crippen molar-refractivity contribution in [1.82, 2.24) is 4.90 Å². The number of nitrogens with zero attached hydrogens (tertiary/aromatic N) is 1. The van der Waals surface area contributed by atoms with Crippen LogP contribution in [0.15, 0.2) is 53.4 Å². The molecule has 1 unspecified atom stereocenters. The largest absolute Gasteiger partial charge is 0.493 e. The third-order valence-electron chi connectivity index (χ3n) is 4.14. The fraction of sp³-hybridized carbons (Fsp3) is 0.150. The van der Waals surface area contributed by atoms with Gasteiger partial charge in [0.05, 0.1) is 19.1 Å². The Balaban J connectivity index is 1.95. The van der Waals surface area contributed by atoms with Crippen LogP contribution in [0.1, 0.15) is 17.2 Å². The summed E-state index contributed by atoms with van der Waals surface area (Å²) in [5.41, 5.74) is 1.20. The molecule has 2 aromatic rings. The van der Waals surface area contributed by atoms with Gasteiger partial charge in [0.15, 0.2) is 17.5 Å². The zero-order valence-corrected chi connectivity index (χ0v) is 16.8. The number of carboxylic acid groups (broad SMARTS) is 1. The monoisotopic (exact) mass is 415 g/mol. The number of carboxylic acids is 1. The van der Waals surface area contributed by atoms with Gasteiger partial charge >= 0.3 is 5.97 Å². The van der Waals surface area contributed by atoms with Gasteiger partial charge in [-0.15, -0.1) is 0 Å². The summed E-state index contributed by atoms with van der Waals surface area (Å²) in [7, 11) is 3.07. The predicted molar refractivity (Wildman–Crippen MR) is 111 cm³/mol. The molecule has 2 aromatic carbocycles. The van der Waals surface area contributed by atoms with Crippen LogP contribution in [-0.2, 0) is 9.59 Å². The number of amides is 1. The van der Waals surface area contributed by atoms with Crippen molar-refractivity contribution >= 4 is 46.3 Å². The smallest absolute Gasteiger partial charge is 0.331 e. The second-order valence-corrected chi connectivity index (χ2v) is 7.49. The van der Waals surface area contributed by atoms with E-state index in [1.165, 1.54) is 14.2 Å². The number of hydrogen-bond donors (Lipinski definition) is 1. The molecule has 0 radical (unpaired) electrons. The lowest BCUT2D eigenvalue weighted by atomic mass is 10.1. The van der Waals surface area contributed by atoms with Gasteiger partial charge in [-0.25, -0.2) is 4.79 Å². The Bertz CT molecular complexity index is 958. The van der Waals surface area contributed by atoms with Crippen LogP contribution in [0.25, 0.3) is 6.08 Å². The quantitative estimate of drug-likeness (QED) is 0.569. The van der Waals surface area contributed by atoms with E-state index in [2.05, 4.69) is 0 Å². The van der Waals surface area contributed by atoms with E-state index >= 15 is 0 Å². The Kier molecular flexibility index (Phi) is 6.01. The average molecular weight is 415 g/mol. The molecule has 1 aliphatic heterocycles. The first-order chi connectivity index (χ1) is 13.5. The summed E-state index contributed by atoms with van der Waals surface area (Å²) in [6.07, 6.45) is 1.66. The molecule has 0 spiro atoms. The summed E-state index contributed by atoms with van der Waals surface area (Å²) in [4.78, 5) is 26.3. The highest BCUT2D eigenvalue weighted by atomic mass is 32.2. The van der Waals surface area contributed by atoms with Crippen molar-refractivity contribution in [3.05, 3.63) is 64.6 Å². The van der Waals surface area contributed by atoms with Crippen LogP contribution >= 0.6 is 24.0 Å². The minimum absolute atomic E-state index is 0.202. The summed E-state index contributed by atoms with van der Waals surface area (Å²) >= 11 is 6.39. The van der Waals surface area contributed by atoms with Gasteiger partial charge in [0.1, 0.15) is 4.32 Å². The molecule has 6 nitrogen and oxygen atoms in total. The predicted octanol–water partition coefficient (Wildman–Crippen LogP) is 3.73. The lowest BCUT2D eigenvalue weighted by molar-refractivity contribution is -0.145. The zero-order valence-electron chi connectivity index (χ0n) is 15.1. The number of carbonyl (C=O) groups is 2. The summed E-state index contributed by atoms with van der Waals surface area (Å²) in [6, 6.07) is 12.6. The fourth-order valence-electron chi connectivity index (χ4n) is 2.83. The van der Waals surface area contributed by atoms with Gasteiger partial charge in [0, 0.05) is 0 Å². The minimum atomic E-state index is -1.18. The molecular weight excluding hydrogens is 398 g/mol. The number of benzene rings is 2. The van der Waals surface area contributed by atoms with Crippen LogP contribution in [0, 0.1) is 0 Å². The zero-order chi connectivity index (χ0) is 20.3. The van der Waals surface area contributed by atoms with Crippen molar-refractivity contribution in [1.29, 1.82) is 0 Å². The first-order valence-corrected chi connectivity index (χ1v) is 9.45. The Labute approximate surface area is 171 Å². The van der Waals surface area contributed by atoms with Crippen molar-refractivity contribution in [3.8, 4) is 11.5 Å². The molecule has 1 N–H and O–H groups in total. The highest BCUT2D eigenvalue weighted by Gasteiger charge is 2.41. The lowest BCUT2D eigenvalue weighted by Gasteiger charge is -2.23. The van der Waals surface area contributed by atoms with Crippen molar-refractivity contribution in [2.45, 2.75) is 6.04 Å². The number of hydrogen-bond acceptors (Lipinski definition) is 6. The molecule has 144 valence electrons. The number of rotatable bonds is 6. The van der Waals surface area contributed by atoms with Gasteiger partial charge < -0.3 is 14.6 Å². The molecular formula is C20H17NO5S2. The molecule has 0 saturated carbocycles. The van der Waals surface area contributed by atoms with E-state index < -0.39 is 17.9 Å². The van der Waals surface area contributed by atoms with Gasteiger partial charge in [0.2, 0.25) is 0 Å². The molecule has 1 saturated heterocycles. The SMILES string of the molecule is COc1ccc(/C=C2\SC(=S)N(C(C(=O)O)c3ccccc3)C2=O)cc1OC. The lowest BCUT2D eigenvalue weighted by Crippen LogP contribution is -2.37. The van der Waals surface area contributed by atoms with E-state index in [9.17, 15) is 14.7 Å². The van der Waals surface area contributed by atoms with E-state index in [0.717, 1.165) is 16.7 Å². The van der Waals surface area contributed by atoms with Crippen LogP contribution < -0.4 is 9.47 Å². The third-order valence-corrected chi connectivity index (χ3v) is 5.47. The van der Waals surface area contributed by atoms with E-state index in [1.54, 1.807) is 54.6 Å². The standard InChI is InChI=1S/C20H17NO5S2/c1-25-14-9-8-12(10-15(14)26-2)11-16-18(22)21(20(27)28-16)17(19(23)24)13-6-4-3-5-7-13/h3-11,17H,1-2H3,(H,23,24)/b16-11-. The maximum absolute atomic E-state index is 12.9. The molecule has 0 bridgehead atoms. The number of carbonyl (C=O) groups excluding carboxylic acids is 1. The average Bonchev–Trinajstić information content (AvgIpc) is 2.96. The molecule has 1 fully saturated rings. The maximum Gasteiger partial charge on any atom is 0.331 e. The summed E-state index contributed by atoms with van der Waals surface area (Å²) < 4.78 is 10.7. The van der Waals surface area contributed by atoms with Gasteiger partial charge in [0.25, 0.3) is 5.91 Å². The number of ether oxygens (including phenoxy) is 2. The molecule has 1 heterocycles. The maximum atomic E-state index is 12.9. The van der Waals surface area contributed by atoms with E-state index in [-0.39, 0.29) is 4.32 Å². The first kappa shape index (κ1) is 19.9. The van der Waals surface area contributed by atoms with E-state index in [1.807, 2.05) is 0 Å². The Morgan fingerprint density at radius 2 is 1.82 bits per heavy atom. The molecule has 1 aliphatic rings. The van der Waals surface area contributed by atoms with Crippen molar-refractivity contribution < 1.29 is 24.2 Å². The highest BCUT2D eigenvalue weighted by molar-refractivity contribution is 8.26. The molecule has 28 heavy (non-hydrogen) atoms. The molecule has 0 aromatic heterocycles. The van der Waals surface area contributed by atoms with Gasteiger partial charge in [-0.1, -0.05) is 60.4 Å². The van der Waals surface area contributed by atoms with Crippen LogP contribution in [0.2, 0.25) is 0 Å². The number of thiocarbonyl (C=S) groups is 1. The van der Waals surface area contributed by atoms with Crippen LogP contribution in [-0.4, -0.2) is 40.4 Å². The van der Waals surface area contributed by atoms with Crippen molar-refractivity contribution in [2.75, 3.05) is 14.2 Å². The molecule has 8 heteroatoms. The molecule has 1 atom stereocenters.